The van der Waals surface area contributed by atoms with Crippen molar-refractivity contribution in [1.29, 1.82) is 0 Å². The van der Waals surface area contributed by atoms with Gasteiger partial charge >= 0.3 is 0 Å². The molecule has 2 fully saturated rings. The lowest BCUT2D eigenvalue weighted by Crippen LogP contribution is -2.61. The van der Waals surface area contributed by atoms with Crippen LogP contribution in [0.4, 0.5) is 0 Å². The van der Waals surface area contributed by atoms with Gasteiger partial charge in [0, 0.05) is 6.42 Å². The highest BCUT2D eigenvalue weighted by atomic mass is 16.4. The maximum Gasteiger partial charge on any atom is 0.220 e. The summed E-state index contributed by atoms with van der Waals surface area (Å²) in [6.07, 6.45) is -1.50. The third-order valence-corrected chi connectivity index (χ3v) is 3.23. The average molecular weight is 201 g/mol. The Morgan fingerprint density at radius 1 is 1.21 bits per heavy atom. The Morgan fingerprint density at radius 3 is 2.64 bits per heavy atom. The number of hydrogen-bond acceptors (Lipinski definition) is 4. The molecule has 0 aromatic carbocycles. The van der Waals surface area contributed by atoms with Gasteiger partial charge in [0.25, 0.3) is 0 Å². The zero-order chi connectivity index (χ0) is 10.3. The van der Waals surface area contributed by atoms with E-state index in [0.29, 0.717) is 19.3 Å². The minimum absolute atomic E-state index is 0.0844. The number of rotatable bonds is 0. The molecule has 1 saturated heterocycles. The monoisotopic (exact) mass is 201 g/mol. The van der Waals surface area contributed by atoms with Crippen molar-refractivity contribution in [2.45, 2.75) is 43.6 Å². The lowest BCUT2D eigenvalue weighted by Gasteiger charge is -2.43. The van der Waals surface area contributed by atoms with Gasteiger partial charge < -0.3 is 20.6 Å². The summed E-state index contributed by atoms with van der Waals surface area (Å²) >= 11 is 0. The second-order valence-corrected chi connectivity index (χ2v) is 4.18. The molecule has 2 aliphatic rings. The van der Waals surface area contributed by atoms with Gasteiger partial charge in [0.2, 0.25) is 5.91 Å². The lowest BCUT2D eigenvalue weighted by molar-refractivity contribution is -0.142. The average Bonchev–Trinajstić information content (AvgIpc) is 2.16. The molecular weight excluding hydrogens is 186 g/mol. The maximum absolute atomic E-state index is 11.1. The van der Waals surface area contributed by atoms with Crippen molar-refractivity contribution in [3.05, 3.63) is 0 Å². The summed E-state index contributed by atoms with van der Waals surface area (Å²) in [7, 11) is 0. The largest absolute Gasteiger partial charge is 0.390 e. The molecule has 80 valence electrons. The quantitative estimate of drug-likeness (QED) is 0.379. The summed E-state index contributed by atoms with van der Waals surface area (Å²) < 4.78 is 0. The SMILES string of the molecule is O=C1CCC2C[C@@H](O)[C@H](O)[C@@H](O)[C@@H]2N1. The van der Waals surface area contributed by atoms with E-state index in [1.165, 1.54) is 0 Å². The number of fused-ring (bicyclic) bond motifs is 1. The predicted octanol–water partition coefficient (Wildman–Crippen LogP) is -1.63. The summed E-state index contributed by atoms with van der Waals surface area (Å²) in [5.41, 5.74) is 0. The number of piperidine rings is 1. The number of carbonyl (C=O) groups is 1. The molecule has 5 nitrogen and oxygen atoms in total. The maximum atomic E-state index is 11.1. The van der Waals surface area contributed by atoms with E-state index in [9.17, 15) is 20.1 Å². The van der Waals surface area contributed by atoms with Crippen molar-refractivity contribution < 1.29 is 20.1 Å². The first-order chi connectivity index (χ1) is 6.59. The Labute approximate surface area is 81.7 Å². The van der Waals surface area contributed by atoms with E-state index in [1.54, 1.807) is 0 Å². The second kappa shape index (κ2) is 3.49. The second-order valence-electron chi connectivity index (χ2n) is 4.18. The van der Waals surface area contributed by atoms with Gasteiger partial charge in [-0.2, -0.15) is 0 Å². The van der Waals surface area contributed by atoms with Crippen LogP contribution >= 0.6 is 0 Å². The Bertz CT molecular complexity index is 243. The van der Waals surface area contributed by atoms with E-state index in [4.69, 9.17) is 0 Å². The molecule has 5 atom stereocenters. The summed E-state index contributed by atoms with van der Waals surface area (Å²) in [5.74, 6) is -0.00464. The zero-order valence-corrected chi connectivity index (χ0v) is 7.76. The third kappa shape index (κ3) is 1.51. The van der Waals surface area contributed by atoms with Gasteiger partial charge in [-0.25, -0.2) is 0 Å². The van der Waals surface area contributed by atoms with Crippen LogP contribution in [0.5, 0.6) is 0 Å². The van der Waals surface area contributed by atoms with Crippen molar-refractivity contribution in [2.24, 2.45) is 5.92 Å². The molecule has 2 rings (SSSR count). The van der Waals surface area contributed by atoms with E-state index in [-0.39, 0.29) is 11.8 Å². The molecule has 0 aromatic rings. The molecule has 1 heterocycles. The first kappa shape index (κ1) is 9.89. The molecule has 0 radical (unpaired) electrons. The van der Waals surface area contributed by atoms with E-state index in [2.05, 4.69) is 5.32 Å². The Kier molecular flexibility index (Phi) is 2.47. The summed E-state index contributed by atoms with van der Waals surface area (Å²) in [4.78, 5) is 11.1. The molecule has 0 bridgehead atoms. The summed E-state index contributed by atoms with van der Waals surface area (Å²) in [6.45, 7) is 0. The fourth-order valence-electron chi connectivity index (χ4n) is 2.39. The molecule has 0 aromatic heterocycles. The highest BCUT2D eigenvalue weighted by molar-refractivity contribution is 5.77. The van der Waals surface area contributed by atoms with Crippen LogP contribution in [0, 0.1) is 5.92 Å². The first-order valence-corrected chi connectivity index (χ1v) is 4.93. The summed E-state index contributed by atoms with van der Waals surface area (Å²) in [5, 5.41) is 31.1. The molecule has 5 heteroatoms. The van der Waals surface area contributed by atoms with Crippen molar-refractivity contribution in [3.63, 3.8) is 0 Å². The van der Waals surface area contributed by atoms with Crippen molar-refractivity contribution in [3.8, 4) is 0 Å². The Hall–Kier alpha value is -0.650. The number of nitrogens with one attached hydrogen (secondary N) is 1. The van der Waals surface area contributed by atoms with Gasteiger partial charge in [-0.15, -0.1) is 0 Å². The van der Waals surface area contributed by atoms with E-state index in [1.807, 2.05) is 0 Å². The zero-order valence-electron chi connectivity index (χ0n) is 7.76. The highest BCUT2D eigenvalue weighted by Crippen LogP contribution is 2.31. The predicted molar refractivity (Wildman–Crippen MR) is 47.3 cm³/mol. The van der Waals surface area contributed by atoms with Crippen LogP contribution in [0.1, 0.15) is 19.3 Å². The van der Waals surface area contributed by atoms with Crippen LogP contribution in [0.2, 0.25) is 0 Å². The fourth-order valence-corrected chi connectivity index (χ4v) is 2.39. The molecule has 1 unspecified atom stereocenters. The minimum atomic E-state index is -1.14. The lowest BCUT2D eigenvalue weighted by atomic mass is 9.75. The normalized spacial score (nSPS) is 48.2. The molecular formula is C9H15NO4. The summed E-state index contributed by atoms with van der Waals surface area (Å²) in [6, 6.07) is -0.394. The van der Waals surface area contributed by atoms with Gasteiger partial charge in [0.05, 0.1) is 12.1 Å². The number of carbonyl (C=O) groups excluding carboxylic acids is 1. The van der Waals surface area contributed by atoms with Gasteiger partial charge in [0.15, 0.2) is 0 Å². The van der Waals surface area contributed by atoms with E-state index < -0.39 is 24.4 Å². The Morgan fingerprint density at radius 2 is 1.93 bits per heavy atom. The van der Waals surface area contributed by atoms with E-state index >= 15 is 0 Å². The molecule has 1 aliphatic carbocycles. The van der Waals surface area contributed by atoms with Crippen LogP contribution < -0.4 is 5.32 Å². The van der Waals surface area contributed by atoms with Crippen LogP contribution in [-0.4, -0.2) is 45.6 Å². The fraction of sp³-hybridized carbons (Fsp3) is 0.889. The van der Waals surface area contributed by atoms with Crippen molar-refractivity contribution >= 4 is 5.91 Å². The van der Waals surface area contributed by atoms with Crippen LogP contribution in [0.25, 0.3) is 0 Å². The third-order valence-electron chi connectivity index (χ3n) is 3.23. The van der Waals surface area contributed by atoms with E-state index in [0.717, 1.165) is 0 Å². The van der Waals surface area contributed by atoms with Crippen LogP contribution in [0.15, 0.2) is 0 Å². The molecule has 1 aliphatic heterocycles. The molecule has 0 spiro atoms. The number of hydrogen-bond donors (Lipinski definition) is 4. The number of aliphatic hydroxyl groups excluding tert-OH is 3. The van der Waals surface area contributed by atoms with Gasteiger partial charge in [-0.1, -0.05) is 0 Å². The van der Waals surface area contributed by atoms with Crippen LogP contribution in [-0.2, 0) is 4.79 Å². The molecule has 1 amide bonds. The molecule has 1 saturated carbocycles. The smallest absolute Gasteiger partial charge is 0.220 e. The highest BCUT2D eigenvalue weighted by Gasteiger charge is 2.44. The topological polar surface area (TPSA) is 89.8 Å². The van der Waals surface area contributed by atoms with Crippen LogP contribution in [0.3, 0.4) is 0 Å². The molecule has 14 heavy (non-hydrogen) atoms. The Balaban J connectivity index is 2.12. The minimum Gasteiger partial charge on any atom is -0.390 e. The number of aliphatic hydroxyl groups is 3. The standard InChI is InChI=1S/C9H15NO4/c11-5-3-4-1-2-6(12)10-7(4)9(14)8(5)13/h4-5,7-9,11,13-14H,1-3H2,(H,10,12)/t4?,5-,7-,8+,9+/m1/s1. The molecule has 4 N–H and O–H groups in total. The van der Waals surface area contributed by atoms with Gasteiger partial charge in [-0.3, -0.25) is 4.79 Å². The van der Waals surface area contributed by atoms with Crippen molar-refractivity contribution in [1.82, 2.24) is 5.32 Å². The van der Waals surface area contributed by atoms with Gasteiger partial charge in [0.1, 0.15) is 12.2 Å². The van der Waals surface area contributed by atoms with Gasteiger partial charge in [-0.05, 0) is 18.8 Å². The number of amides is 1. The van der Waals surface area contributed by atoms with Crippen molar-refractivity contribution in [2.75, 3.05) is 0 Å². The first-order valence-electron chi connectivity index (χ1n) is 4.93.